The van der Waals surface area contributed by atoms with Crippen molar-refractivity contribution in [2.24, 2.45) is 0 Å². The SMILES string of the molecule is CCn1cnnc1SCC(=O)Nc1scc(-c2ccccc2Cl)c1C(=O)OC. The van der Waals surface area contributed by atoms with Crippen molar-refractivity contribution in [3.8, 4) is 11.1 Å². The topological polar surface area (TPSA) is 86.1 Å². The Morgan fingerprint density at radius 1 is 1.32 bits per heavy atom. The van der Waals surface area contributed by atoms with Gasteiger partial charge in [-0.2, -0.15) is 0 Å². The predicted octanol–water partition coefficient (Wildman–Crippen LogP) is 4.20. The lowest BCUT2D eigenvalue weighted by molar-refractivity contribution is -0.113. The number of rotatable bonds is 7. The van der Waals surface area contributed by atoms with Crippen molar-refractivity contribution in [2.75, 3.05) is 18.2 Å². The summed E-state index contributed by atoms with van der Waals surface area (Å²) in [6.45, 7) is 2.69. The molecule has 0 bridgehead atoms. The zero-order valence-electron chi connectivity index (χ0n) is 15.1. The molecule has 3 rings (SSSR count). The number of halogens is 1. The fraction of sp³-hybridized carbons (Fsp3) is 0.222. The Morgan fingerprint density at radius 2 is 2.11 bits per heavy atom. The van der Waals surface area contributed by atoms with E-state index in [4.69, 9.17) is 16.3 Å². The van der Waals surface area contributed by atoms with Gasteiger partial charge in [0.15, 0.2) is 5.16 Å². The van der Waals surface area contributed by atoms with Gasteiger partial charge in [-0.25, -0.2) is 4.79 Å². The third-order valence-electron chi connectivity index (χ3n) is 3.85. The summed E-state index contributed by atoms with van der Waals surface area (Å²) in [7, 11) is 1.30. The molecule has 7 nitrogen and oxygen atoms in total. The molecular formula is C18H17ClN4O3S2. The Bertz CT molecular complexity index is 1000. The van der Waals surface area contributed by atoms with Crippen molar-refractivity contribution in [3.63, 3.8) is 0 Å². The summed E-state index contributed by atoms with van der Waals surface area (Å²) in [6.07, 6.45) is 1.62. The van der Waals surface area contributed by atoms with Crippen molar-refractivity contribution in [2.45, 2.75) is 18.6 Å². The van der Waals surface area contributed by atoms with E-state index in [1.165, 1.54) is 30.2 Å². The summed E-state index contributed by atoms with van der Waals surface area (Å²) in [6, 6.07) is 7.20. The normalized spacial score (nSPS) is 10.7. The van der Waals surface area contributed by atoms with E-state index in [9.17, 15) is 9.59 Å². The molecule has 2 aromatic heterocycles. The highest BCUT2D eigenvalue weighted by Gasteiger charge is 2.23. The van der Waals surface area contributed by atoms with E-state index in [-0.39, 0.29) is 17.2 Å². The van der Waals surface area contributed by atoms with Crippen LogP contribution < -0.4 is 5.32 Å². The number of amides is 1. The van der Waals surface area contributed by atoms with Crippen LogP contribution >= 0.6 is 34.7 Å². The lowest BCUT2D eigenvalue weighted by atomic mass is 10.0. The maximum atomic E-state index is 12.4. The molecular weight excluding hydrogens is 420 g/mol. The molecule has 1 N–H and O–H groups in total. The number of benzene rings is 1. The first-order chi connectivity index (χ1) is 13.5. The number of nitrogens with zero attached hydrogens (tertiary/aromatic N) is 3. The van der Waals surface area contributed by atoms with Gasteiger partial charge in [0.2, 0.25) is 5.91 Å². The van der Waals surface area contributed by atoms with Gasteiger partial charge in [-0.15, -0.1) is 21.5 Å². The van der Waals surface area contributed by atoms with Crippen LogP contribution in [0.25, 0.3) is 11.1 Å². The molecule has 3 aromatic rings. The van der Waals surface area contributed by atoms with Crippen LogP contribution in [0.2, 0.25) is 5.02 Å². The molecule has 1 aromatic carbocycles. The monoisotopic (exact) mass is 436 g/mol. The number of hydrogen-bond donors (Lipinski definition) is 1. The first kappa shape index (κ1) is 20.4. The average molecular weight is 437 g/mol. The van der Waals surface area contributed by atoms with Crippen LogP contribution in [0.1, 0.15) is 17.3 Å². The van der Waals surface area contributed by atoms with Gasteiger partial charge < -0.3 is 14.6 Å². The Labute approximate surface area is 175 Å². The fourth-order valence-corrected chi connectivity index (χ4v) is 4.48. The van der Waals surface area contributed by atoms with Crippen molar-refractivity contribution in [1.29, 1.82) is 0 Å². The molecule has 10 heteroatoms. The van der Waals surface area contributed by atoms with Crippen LogP contribution in [0.5, 0.6) is 0 Å². The molecule has 0 aliphatic carbocycles. The molecule has 0 atom stereocenters. The van der Waals surface area contributed by atoms with E-state index in [0.717, 1.165) is 6.54 Å². The summed E-state index contributed by atoms with van der Waals surface area (Å²) in [5.41, 5.74) is 1.61. The van der Waals surface area contributed by atoms with Crippen LogP contribution in [0.4, 0.5) is 5.00 Å². The first-order valence-electron chi connectivity index (χ1n) is 8.30. The van der Waals surface area contributed by atoms with E-state index < -0.39 is 5.97 Å². The van der Waals surface area contributed by atoms with Gasteiger partial charge in [-0.05, 0) is 13.0 Å². The van der Waals surface area contributed by atoms with E-state index in [2.05, 4.69) is 15.5 Å². The summed E-state index contributed by atoms with van der Waals surface area (Å²) < 4.78 is 6.76. The van der Waals surface area contributed by atoms with Gasteiger partial charge in [-0.3, -0.25) is 4.79 Å². The first-order valence-corrected chi connectivity index (χ1v) is 10.5. The Hall–Kier alpha value is -2.36. The number of methoxy groups -OCH3 is 1. The highest BCUT2D eigenvalue weighted by Crippen LogP contribution is 2.39. The minimum absolute atomic E-state index is 0.138. The molecule has 0 fully saturated rings. The van der Waals surface area contributed by atoms with Crippen LogP contribution in [0.15, 0.2) is 41.1 Å². The molecule has 0 unspecified atom stereocenters. The number of esters is 1. The van der Waals surface area contributed by atoms with E-state index >= 15 is 0 Å². The minimum Gasteiger partial charge on any atom is -0.465 e. The van der Waals surface area contributed by atoms with Crippen LogP contribution in [-0.2, 0) is 16.1 Å². The molecule has 146 valence electrons. The number of carbonyl (C=O) groups excluding carboxylic acids is 2. The number of thiophene rings is 1. The Morgan fingerprint density at radius 3 is 2.82 bits per heavy atom. The van der Waals surface area contributed by atoms with Crippen molar-refractivity contribution in [3.05, 3.63) is 46.6 Å². The van der Waals surface area contributed by atoms with Gasteiger partial charge in [0.05, 0.1) is 12.9 Å². The molecule has 0 radical (unpaired) electrons. The number of carbonyl (C=O) groups is 2. The molecule has 0 aliphatic heterocycles. The van der Waals surface area contributed by atoms with E-state index in [1.807, 2.05) is 29.7 Å². The maximum absolute atomic E-state index is 12.4. The Kier molecular flexibility index (Phi) is 6.71. The largest absolute Gasteiger partial charge is 0.465 e. The molecule has 28 heavy (non-hydrogen) atoms. The number of aryl methyl sites for hydroxylation is 1. The van der Waals surface area contributed by atoms with Gasteiger partial charge in [0.1, 0.15) is 16.9 Å². The maximum Gasteiger partial charge on any atom is 0.341 e. The molecule has 0 spiro atoms. The second kappa shape index (κ2) is 9.22. The second-order valence-corrected chi connectivity index (χ2v) is 7.79. The summed E-state index contributed by atoms with van der Waals surface area (Å²) in [5.74, 6) is -0.656. The lowest BCUT2D eigenvalue weighted by Gasteiger charge is -2.09. The number of hydrogen-bond acceptors (Lipinski definition) is 7. The highest BCUT2D eigenvalue weighted by atomic mass is 35.5. The van der Waals surface area contributed by atoms with Gasteiger partial charge in [-0.1, -0.05) is 41.6 Å². The number of aromatic nitrogens is 3. The number of anilines is 1. The molecule has 0 saturated carbocycles. The summed E-state index contributed by atoms with van der Waals surface area (Å²) in [4.78, 5) is 24.8. The third kappa shape index (κ3) is 4.37. The average Bonchev–Trinajstić information content (AvgIpc) is 3.32. The zero-order chi connectivity index (χ0) is 20.1. The van der Waals surface area contributed by atoms with Crippen molar-refractivity contribution in [1.82, 2.24) is 14.8 Å². The minimum atomic E-state index is -0.537. The number of nitrogens with one attached hydrogen (secondary N) is 1. The molecule has 1 amide bonds. The molecule has 0 saturated heterocycles. The van der Waals surface area contributed by atoms with Crippen molar-refractivity contribution < 1.29 is 14.3 Å². The number of thioether (sulfide) groups is 1. The molecule has 2 heterocycles. The Balaban J connectivity index is 1.81. The summed E-state index contributed by atoms with van der Waals surface area (Å²) in [5, 5.41) is 14.0. The van der Waals surface area contributed by atoms with Crippen LogP contribution in [-0.4, -0.2) is 39.5 Å². The van der Waals surface area contributed by atoms with E-state index in [0.29, 0.717) is 26.3 Å². The standard InChI is InChI=1S/C18H17ClN4O3S2/c1-3-23-10-20-22-18(23)28-9-14(24)21-16-15(17(25)26-2)12(8-27-16)11-6-4-5-7-13(11)19/h4-8,10H,3,9H2,1-2H3,(H,21,24). The highest BCUT2D eigenvalue weighted by molar-refractivity contribution is 7.99. The van der Waals surface area contributed by atoms with Crippen molar-refractivity contribution >= 4 is 51.6 Å². The molecule has 0 aliphatic rings. The third-order valence-corrected chi connectivity index (χ3v) is 6.06. The zero-order valence-corrected chi connectivity index (χ0v) is 17.5. The fourth-order valence-electron chi connectivity index (χ4n) is 2.50. The second-order valence-electron chi connectivity index (χ2n) is 5.56. The number of ether oxygens (including phenoxy) is 1. The predicted molar refractivity (Wildman–Crippen MR) is 111 cm³/mol. The lowest BCUT2D eigenvalue weighted by Crippen LogP contribution is -2.16. The van der Waals surface area contributed by atoms with Crippen LogP contribution in [0.3, 0.4) is 0 Å². The quantitative estimate of drug-likeness (QED) is 0.441. The van der Waals surface area contributed by atoms with Gasteiger partial charge in [0.25, 0.3) is 0 Å². The van der Waals surface area contributed by atoms with E-state index in [1.54, 1.807) is 17.8 Å². The van der Waals surface area contributed by atoms with Gasteiger partial charge >= 0.3 is 5.97 Å². The summed E-state index contributed by atoms with van der Waals surface area (Å²) >= 11 is 8.80. The smallest absolute Gasteiger partial charge is 0.341 e. The van der Waals surface area contributed by atoms with Crippen LogP contribution in [0, 0.1) is 0 Å². The van der Waals surface area contributed by atoms with Gasteiger partial charge in [0, 0.05) is 28.1 Å².